The Hall–Kier alpha value is -2.88. The number of cyclic esters (lactones) is 2. The summed E-state index contributed by atoms with van der Waals surface area (Å²) in [5.41, 5.74) is -9.63. The van der Waals surface area contributed by atoms with E-state index in [2.05, 4.69) is 5.16 Å². The number of hydrogen-bond donors (Lipinski definition) is 9. The van der Waals surface area contributed by atoms with Gasteiger partial charge in [0.15, 0.2) is 25.2 Å². The minimum Gasteiger partial charge on any atom is -0.459 e. The minimum atomic E-state index is -2.07. The molecule has 6 aliphatic rings. The van der Waals surface area contributed by atoms with E-state index in [4.69, 9.17) is 75.9 Å². The molecular weight excluding hydrogens is 1440 g/mol. The Kier molecular flexibility index (Phi) is 34.9. The van der Waals surface area contributed by atoms with Gasteiger partial charge in [0.1, 0.15) is 53.6 Å². The number of oxime groups is 1. The zero-order valence-corrected chi connectivity index (χ0v) is 70.6. The monoisotopic (exact) mass is 1580 g/mol. The molecule has 0 aliphatic carbocycles. The Morgan fingerprint density at radius 2 is 0.900 bits per heavy atom. The Morgan fingerprint density at radius 3 is 1.31 bits per heavy atom. The van der Waals surface area contributed by atoms with Crippen LogP contribution in [-0.4, -0.2) is 323 Å². The summed E-state index contributed by atoms with van der Waals surface area (Å²) in [7, 11) is 9.65. The molecule has 0 bridgehead atoms. The lowest BCUT2D eigenvalue weighted by atomic mass is 9.73. The SMILES string of the molecule is CC[C@H]1OC(=O)[C@H](C)[C@@H](OC2CC(C)(OC)C(O)C(C)O2)[C@H](C)[C@@H](OC2OC(C)CC(N(C)CCN(C)C3CC(C)OC(O[C@@H]4[C@@H](C)[C@H](OC5CC(C)(OC)C(O)C(C)O5)[C@@H](C)C(=O)O[C@H](CC)[C@@](C)(O)[C@H](O)[C@@H](C)/C(=N/OCOCCOC)[C@H](C)C[C@]4(C)O)C3O)C2O)[C@@](C)(OC)C[C@@H](C)C(=O)[C@H](C)[C@@H](O)[C@]1(C)O. The van der Waals surface area contributed by atoms with Crippen molar-refractivity contribution < 1.29 is 136 Å². The zero-order valence-electron chi connectivity index (χ0n) is 70.6. The molecule has 0 spiro atoms. The summed E-state index contributed by atoms with van der Waals surface area (Å²) >= 11 is 0. The largest absolute Gasteiger partial charge is 0.459 e. The number of esters is 2. The molecule has 31 nitrogen and oxygen atoms in total. The Morgan fingerprint density at radius 1 is 0.491 bits per heavy atom. The van der Waals surface area contributed by atoms with Crippen LogP contribution in [0.5, 0.6) is 0 Å². The highest BCUT2D eigenvalue weighted by Crippen LogP contribution is 2.45. The predicted octanol–water partition coefficient (Wildman–Crippen LogP) is 4.40. The van der Waals surface area contributed by atoms with Crippen LogP contribution in [-0.2, 0) is 90.3 Å². The van der Waals surface area contributed by atoms with E-state index in [-0.39, 0.29) is 64.2 Å². The second kappa shape index (κ2) is 40.0. The summed E-state index contributed by atoms with van der Waals surface area (Å²) in [6.45, 7) is 34.1. The summed E-state index contributed by atoms with van der Waals surface area (Å²) in [5.74, 6) is -9.98. The molecule has 6 fully saturated rings. The summed E-state index contributed by atoms with van der Waals surface area (Å²) in [4.78, 5) is 53.9. The first kappa shape index (κ1) is 96.0. The van der Waals surface area contributed by atoms with Gasteiger partial charge in [0.25, 0.3) is 0 Å². The van der Waals surface area contributed by atoms with Crippen molar-refractivity contribution in [3.63, 3.8) is 0 Å². The van der Waals surface area contributed by atoms with E-state index in [1.54, 1.807) is 104 Å². The van der Waals surface area contributed by atoms with Gasteiger partial charge in [-0.25, -0.2) is 0 Å². The van der Waals surface area contributed by atoms with E-state index >= 15 is 0 Å². The third-order valence-corrected chi connectivity index (χ3v) is 25.5. The van der Waals surface area contributed by atoms with Crippen LogP contribution in [0.2, 0.25) is 0 Å². The highest BCUT2D eigenvalue weighted by atomic mass is 16.8. The van der Waals surface area contributed by atoms with E-state index in [9.17, 15) is 60.3 Å². The van der Waals surface area contributed by atoms with Crippen LogP contribution in [0.1, 0.15) is 190 Å². The molecule has 36 atom stereocenters. The average molecular weight is 1580 g/mol. The van der Waals surface area contributed by atoms with Crippen LogP contribution in [0.15, 0.2) is 5.16 Å². The lowest BCUT2D eigenvalue weighted by Gasteiger charge is -2.50. The van der Waals surface area contributed by atoms with E-state index < -0.39 is 234 Å². The minimum absolute atomic E-state index is 0.00400. The zero-order chi connectivity index (χ0) is 83.0. The molecule has 0 aromatic rings. The molecule has 0 amide bonds. The number of Topliss-reactive ketones (excluding diaryl/α,β-unsaturated/α-hetero) is 1. The third kappa shape index (κ3) is 22.1. The van der Waals surface area contributed by atoms with Crippen LogP contribution in [0.4, 0.5) is 0 Å². The molecule has 0 aromatic carbocycles. The van der Waals surface area contributed by atoms with Crippen LogP contribution < -0.4 is 0 Å². The molecule has 0 saturated carbocycles. The normalized spacial score (nSPS) is 47.5. The van der Waals surface area contributed by atoms with Crippen LogP contribution in [0, 0.1) is 47.3 Å². The molecule has 16 unspecified atom stereocenters. The van der Waals surface area contributed by atoms with Gasteiger partial charge in [-0.1, -0.05) is 60.5 Å². The summed E-state index contributed by atoms with van der Waals surface area (Å²) in [5, 5.41) is 114. The lowest BCUT2D eigenvalue weighted by molar-refractivity contribution is -0.320. The molecular formula is C79H143N3O28. The molecule has 0 aromatic heterocycles. The fourth-order valence-corrected chi connectivity index (χ4v) is 18.0. The smallest absolute Gasteiger partial charge is 0.311 e. The number of methoxy groups -OCH3 is 4. The summed E-state index contributed by atoms with van der Waals surface area (Å²) in [6, 6.07) is -1.28. The first-order chi connectivity index (χ1) is 51.1. The van der Waals surface area contributed by atoms with Crippen molar-refractivity contribution in [2.24, 2.45) is 52.5 Å². The Bertz CT molecular complexity index is 2900. The molecule has 0 radical (unpaired) electrons. The van der Waals surface area contributed by atoms with Gasteiger partial charge in [-0.3, -0.25) is 24.2 Å². The summed E-state index contributed by atoms with van der Waals surface area (Å²) < 4.78 is 95.1. The molecule has 31 heteroatoms. The maximum atomic E-state index is 14.9. The number of rotatable bonds is 24. The maximum Gasteiger partial charge on any atom is 0.311 e. The van der Waals surface area contributed by atoms with E-state index in [1.807, 2.05) is 37.7 Å². The second-order valence-electron chi connectivity index (χ2n) is 34.4. The lowest BCUT2D eigenvalue weighted by Crippen LogP contribution is -2.62. The highest BCUT2D eigenvalue weighted by Gasteiger charge is 2.58. The van der Waals surface area contributed by atoms with Gasteiger partial charge in [0.2, 0.25) is 6.79 Å². The molecule has 110 heavy (non-hydrogen) atoms. The first-order valence-electron chi connectivity index (χ1n) is 39.9. The number of aliphatic hydroxyl groups excluding tert-OH is 6. The fourth-order valence-electron chi connectivity index (χ4n) is 18.0. The number of carbonyl (C=O) groups is 3. The Balaban J connectivity index is 1.34. The number of carbonyl (C=O) groups excluding carboxylic acids is 3. The molecule has 6 aliphatic heterocycles. The van der Waals surface area contributed by atoms with Crippen LogP contribution >= 0.6 is 0 Å². The average Bonchev–Trinajstić information content (AvgIpc) is 0.783. The number of aliphatic hydroxyl groups is 9. The van der Waals surface area contributed by atoms with E-state index in [0.717, 1.165) is 0 Å². The van der Waals surface area contributed by atoms with Gasteiger partial charge >= 0.3 is 11.9 Å². The third-order valence-electron chi connectivity index (χ3n) is 25.5. The quantitative estimate of drug-likeness (QED) is 0.0280. The van der Waals surface area contributed by atoms with Crippen molar-refractivity contribution in [2.75, 3.05) is 75.6 Å². The van der Waals surface area contributed by atoms with Crippen molar-refractivity contribution in [3.8, 4) is 0 Å². The van der Waals surface area contributed by atoms with Crippen molar-refractivity contribution in [1.82, 2.24) is 9.80 Å². The number of nitrogens with zero attached hydrogens (tertiary/aromatic N) is 3. The summed E-state index contributed by atoms with van der Waals surface area (Å²) in [6.07, 6.45) is -22.6. The van der Waals surface area contributed by atoms with E-state index in [1.165, 1.54) is 49.2 Å². The van der Waals surface area contributed by atoms with Gasteiger partial charge in [0.05, 0.1) is 114 Å². The molecule has 6 rings (SSSR count). The van der Waals surface area contributed by atoms with Crippen molar-refractivity contribution >= 4 is 23.4 Å². The highest BCUT2D eigenvalue weighted by molar-refractivity contribution is 5.89. The second-order valence-corrected chi connectivity index (χ2v) is 34.4. The van der Waals surface area contributed by atoms with Gasteiger partial charge in [-0.15, -0.1) is 0 Å². The first-order valence-corrected chi connectivity index (χ1v) is 39.9. The standard InChI is InChI=1S/C79H143N3O28/c1-27-54-78(19,93)64(86)44(7)58(80-100-39-99-32-31-95-23)40(3)35-74(15,92)68(46(9)62(48(11)70(90)105-54)107-56-37-75(16,96-24)66(88)50(13)103-56)109-72-60(84)52(33-42(5)101-72)81(21)29-30-82(22)53-34-43(6)102-73(61(53)85)110-69-47(10)63(108-57-38-76(17,97-25)67(89)51(14)104-57)49(12)71(91)106-55(28-2)79(20,94)65(87)45(8)59(83)41(4)36-77(69,18)98-26/h40-57,60-69,72-73,84-89,92-94H,27-39H2,1-26H3/b80-58+/t40-,41-,42?,43?,44+,45+,46+,47+,48-,49-,50?,51?,52?,53?,54-,55-,56?,57?,60?,61?,62+,63+,64-,65-,66?,67?,68-,69-,72?,73?,74+,75?,76?,77+,78-,79-/m1/s1. The van der Waals surface area contributed by atoms with Gasteiger partial charge in [-0.2, -0.15) is 0 Å². The van der Waals surface area contributed by atoms with Gasteiger partial charge in [-0.05, 0) is 136 Å². The van der Waals surface area contributed by atoms with Crippen molar-refractivity contribution in [2.45, 2.75) is 358 Å². The van der Waals surface area contributed by atoms with Crippen molar-refractivity contribution in [3.05, 3.63) is 0 Å². The fraction of sp³-hybridized carbons (Fsp3) is 0.949. The van der Waals surface area contributed by atoms with Crippen LogP contribution in [0.3, 0.4) is 0 Å². The van der Waals surface area contributed by atoms with E-state index in [0.29, 0.717) is 25.9 Å². The van der Waals surface area contributed by atoms with Crippen molar-refractivity contribution in [1.29, 1.82) is 0 Å². The number of ether oxygens (including phenoxy) is 15. The van der Waals surface area contributed by atoms with Gasteiger partial charge in [0, 0.05) is 102 Å². The number of likely N-dealkylation sites (N-methyl/N-ethyl adjacent to an activating group) is 2. The molecule has 6 saturated heterocycles. The molecule has 6 heterocycles. The van der Waals surface area contributed by atoms with Gasteiger partial charge < -0.3 is 122 Å². The van der Waals surface area contributed by atoms with Crippen LogP contribution in [0.25, 0.3) is 0 Å². The Labute approximate surface area is 653 Å². The number of hydrogen-bond acceptors (Lipinski definition) is 31. The topological polar surface area (TPSA) is 400 Å². The molecule has 642 valence electrons. The maximum absolute atomic E-state index is 14.9. The molecule has 9 N–H and O–H groups in total. The predicted molar refractivity (Wildman–Crippen MR) is 401 cm³/mol. The number of ketones is 1.